The first kappa shape index (κ1) is 13.4. The van der Waals surface area contributed by atoms with E-state index in [-0.39, 0.29) is 0 Å². The summed E-state index contributed by atoms with van der Waals surface area (Å²) < 4.78 is 0. The van der Waals surface area contributed by atoms with Crippen molar-refractivity contribution in [2.24, 2.45) is 0 Å². The molecule has 0 spiro atoms. The van der Waals surface area contributed by atoms with E-state index in [9.17, 15) is 0 Å². The molecule has 0 N–H and O–H groups in total. The molecule has 0 saturated heterocycles. The van der Waals surface area contributed by atoms with Gasteiger partial charge in [-0.15, -0.1) is 0 Å². The van der Waals surface area contributed by atoms with Crippen molar-refractivity contribution in [1.82, 2.24) is 4.98 Å². The Morgan fingerprint density at radius 3 is 2.65 bits per heavy atom. The zero-order valence-electron chi connectivity index (χ0n) is 12.9. The molecule has 1 aliphatic rings. The summed E-state index contributed by atoms with van der Waals surface area (Å²) >= 11 is 0. The summed E-state index contributed by atoms with van der Waals surface area (Å²) in [4.78, 5) is 4.55. The molecule has 104 valence electrons. The highest BCUT2D eigenvalue weighted by Crippen LogP contribution is 2.39. The van der Waals surface area contributed by atoms with Gasteiger partial charge in [-0.05, 0) is 59.1 Å². The average molecular weight is 265 g/mol. The highest BCUT2D eigenvalue weighted by molar-refractivity contribution is 5.63. The predicted molar refractivity (Wildman–Crippen MR) is 85.1 cm³/mol. The monoisotopic (exact) mass is 265 g/mol. The van der Waals surface area contributed by atoms with Crippen LogP contribution >= 0.6 is 0 Å². The summed E-state index contributed by atoms with van der Waals surface area (Å²) in [5.41, 5.74) is 7.06. The van der Waals surface area contributed by atoms with Crippen LogP contribution < -0.4 is 0 Å². The van der Waals surface area contributed by atoms with Gasteiger partial charge in [-0.1, -0.05) is 39.8 Å². The van der Waals surface area contributed by atoms with Crippen molar-refractivity contribution >= 4 is 0 Å². The van der Waals surface area contributed by atoms with Crippen LogP contribution in [0.1, 0.15) is 56.7 Å². The molecule has 0 bridgehead atoms. The number of aromatic nitrogens is 1. The molecule has 0 amide bonds. The van der Waals surface area contributed by atoms with E-state index in [0.29, 0.717) is 11.3 Å². The largest absolute Gasteiger partial charge is 0.256 e. The molecule has 2 aromatic rings. The fraction of sp³-hybridized carbons (Fsp3) is 0.421. The third kappa shape index (κ3) is 2.26. The quantitative estimate of drug-likeness (QED) is 0.736. The van der Waals surface area contributed by atoms with Crippen molar-refractivity contribution in [1.29, 1.82) is 0 Å². The van der Waals surface area contributed by atoms with Gasteiger partial charge in [0.1, 0.15) is 0 Å². The SMILES string of the molecule is CC(C)c1ccnc(-c2ccc3c(c2)CCC3(C)C)c1. The standard InChI is InChI=1S/C19H23N/c1-13(2)14-8-10-20-18(12-14)16-5-6-17-15(11-16)7-9-19(17,3)4/h5-6,8,10-13H,7,9H2,1-4H3. The fourth-order valence-electron chi connectivity index (χ4n) is 3.17. The lowest BCUT2D eigenvalue weighted by Gasteiger charge is -2.19. The Bertz CT molecular complexity index is 638. The molecule has 0 saturated carbocycles. The minimum absolute atomic E-state index is 0.334. The maximum Gasteiger partial charge on any atom is 0.0704 e. The number of nitrogens with zero attached hydrogens (tertiary/aromatic N) is 1. The van der Waals surface area contributed by atoms with E-state index in [4.69, 9.17) is 0 Å². The molecule has 1 heteroatoms. The Morgan fingerprint density at radius 2 is 1.90 bits per heavy atom. The summed E-state index contributed by atoms with van der Waals surface area (Å²) in [6.07, 6.45) is 4.38. The zero-order valence-corrected chi connectivity index (χ0v) is 12.9. The maximum absolute atomic E-state index is 4.55. The molecule has 1 aromatic carbocycles. The molecule has 0 atom stereocenters. The smallest absolute Gasteiger partial charge is 0.0704 e. The minimum atomic E-state index is 0.334. The first-order valence-corrected chi connectivity index (χ1v) is 7.57. The van der Waals surface area contributed by atoms with Crippen molar-refractivity contribution in [2.75, 3.05) is 0 Å². The van der Waals surface area contributed by atoms with E-state index >= 15 is 0 Å². The molecule has 0 aliphatic heterocycles. The number of aryl methyl sites for hydroxylation is 1. The van der Waals surface area contributed by atoms with Gasteiger partial charge >= 0.3 is 0 Å². The van der Waals surface area contributed by atoms with Gasteiger partial charge < -0.3 is 0 Å². The molecule has 20 heavy (non-hydrogen) atoms. The summed E-state index contributed by atoms with van der Waals surface area (Å²) in [5.74, 6) is 0.546. The number of pyridine rings is 1. The highest BCUT2D eigenvalue weighted by atomic mass is 14.7. The van der Waals surface area contributed by atoms with Gasteiger partial charge in [-0.25, -0.2) is 0 Å². The van der Waals surface area contributed by atoms with Crippen LogP contribution in [-0.4, -0.2) is 4.98 Å². The molecule has 0 radical (unpaired) electrons. The lowest BCUT2D eigenvalue weighted by atomic mass is 9.86. The number of fused-ring (bicyclic) bond motifs is 1. The second-order valence-corrected chi connectivity index (χ2v) is 6.88. The minimum Gasteiger partial charge on any atom is -0.256 e. The molecule has 1 aliphatic carbocycles. The van der Waals surface area contributed by atoms with Gasteiger partial charge in [-0.3, -0.25) is 4.98 Å². The third-order valence-corrected chi connectivity index (χ3v) is 4.60. The second-order valence-electron chi connectivity index (χ2n) is 6.88. The molecule has 0 fully saturated rings. The van der Waals surface area contributed by atoms with E-state index in [1.54, 1.807) is 0 Å². The Hall–Kier alpha value is -1.63. The molecule has 1 heterocycles. The Balaban J connectivity index is 2.02. The Labute approximate surface area is 122 Å². The van der Waals surface area contributed by atoms with Crippen LogP contribution in [0.15, 0.2) is 36.5 Å². The molecule has 0 unspecified atom stereocenters. The van der Waals surface area contributed by atoms with Crippen LogP contribution in [0.2, 0.25) is 0 Å². The molecule has 1 aromatic heterocycles. The first-order chi connectivity index (χ1) is 9.47. The summed E-state index contributed by atoms with van der Waals surface area (Å²) in [5, 5.41) is 0. The maximum atomic E-state index is 4.55. The molecule has 3 rings (SSSR count). The van der Waals surface area contributed by atoms with Crippen molar-refractivity contribution in [3.63, 3.8) is 0 Å². The number of hydrogen-bond donors (Lipinski definition) is 0. The van der Waals surface area contributed by atoms with Crippen LogP contribution in [-0.2, 0) is 11.8 Å². The van der Waals surface area contributed by atoms with Crippen LogP contribution in [0.25, 0.3) is 11.3 Å². The van der Waals surface area contributed by atoms with E-state index in [2.05, 4.69) is 63.0 Å². The van der Waals surface area contributed by atoms with Gasteiger partial charge in [0.2, 0.25) is 0 Å². The van der Waals surface area contributed by atoms with Gasteiger partial charge in [-0.2, -0.15) is 0 Å². The van der Waals surface area contributed by atoms with Crippen molar-refractivity contribution < 1.29 is 0 Å². The predicted octanol–water partition coefficient (Wildman–Crippen LogP) is 5.10. The van der Waals surface area contributed by atoms with Gasteiger partial charge in [0.15, 0.2) is 0 Å². The van der Waals surface area contributed by atoms with Crippen LogP contribution in [0.5, 0.6) is 0 Å². The van der Waals surface area contributed by atoms with Gasteiger partial charge in [0.25, 0.3) is 0 Å². The van der Waals surface area contributed by atoms with Crippen molar-refractivity contribution in [3.05, 3.63) is 53.2 Å². The number of rotatable bonds is 2. The number of hydrogen-bond acceptors (Lipinski definition) is 1. The van der Waals surface area contributed by atoms with E-state index < -0.39 is 0 Å². The summed E-state index contributed by atoms with van der Waals surface area (Å²) in [7, 11) is 0. The first-order valence-electron chi connectivity index (χ1n) is 7.57. The van der Waals surface area contributed by atoms with Crippen molar-refractivity contribution in [2.45, 2.75) is 51.9 Å². The van der Waals surface area contributed by atoms with Crippen LogP contribution in [0.3, 0.4) is 0 Å². The zero-order chi connectivity index (χ0) is 14.3. The summed E-state index contributed by atoms with van der Waals surface area (Å²) in [6.45, 7) is 9.14. The van der Waals surface area contributed by atoms with Crippen molar-refractivity contribution in [3.8, 4) is 11.3 Å². The van der Waals surface area contributed by atoms with E-state index in [1.807, 2.05) is 6.20 Å². The van der Waals surface area contributed by atoms with E-state index in [1.165, 1.54) is 35.1 Å². The van der Waals surface area contributed by atoms with E-state index in [0.717, 1.165) is 5.69 Å². The third-order valence-electron chi connectivity index (χ3n) is 4.60. The van der Waals surface area contributed by atoms with Crippen LogP contribution in [0.4, 0.5) is 0 Å². The molecular formula is C19H23N. The lowest BCUT2D eigenvalue weighted by Crippen LogP contribution is -2.11. The fourth-order valence-corrected chi connectivity index (χ4v) is 3.17. The highest BCUT2D eigenvalue weighted by Gasteiger charge is 2.29. The normalized spacial score (nSPS) is 16.4. The number of benzene rings is 1. The van der Waals surface area contributed by atoms with Crippen LogP contribution in [0, 0.1) is 0 Å². The molecular weight excluding hydrogens is 242 g/mol. The van der Waals surface area contributed by atoms with Gasteiger partial charge in [0.05, 0.1) is 5.69 Å². The summed E-state index contributed by atoms with van der Waals surface area (Å²) in [6, 6.07) is 11.2. The Morgan fingerprint density at radius 1 is 1.10 bits per heavy atom. The topological polar surface area (TPSA) is 12.9 Å². The Kier molecular flexibility index (Phi) is 3.16. The average Bonchev–Trinajstić information content (AvgIpc) is 2.74. The second kappa shape index (κ2) is 4.73. The molecule has 1 nitrogen and oxygen atoms in total. The lowest BCUT2D eigenvalue weighted by molar-refractivity contribution is 0.522. The van der Waals surface area contributed by atoms with Gasteiger partial charge in [0, 0.05) is 11.8 Å².